The first kappa shape index (κ1) is 15.2. The molecule has 4 rings (SSSR count). The maximum atomic E-state index is 12.4. The van der Waals surface area contributed by atoms with Gasteiger partial charge in [-0.05, 0) is 31.6 Å². The van der Waals surface area contributed by atoms with Gasteiger partial charge < -0.3 is 19.4 Å². The summed E-state index contributed by atoms with van der Waals surface area (Å²) in [5, 5.41) is 0. The van der Waals surface area contributed by atoms with Crippen LogP contribution in [0.15, 0.2) is 23.4 Å². The Morgan fingerprint density at radius 2 is 2.04 bits per heavy atom. The number of hydrogen-bond acceptors (Lipinski definition) is 3. The lowest BCUT2D eigenvalue weighted by Gasteiger charge is -2.32. The van der Waals surface area contributed by atoms with Gasteiger partial charge in [-0.15, -0.1) is 0 Å². The van der Waals surface area contributed by atoms with E-state index in [1.165, 1.54) is 31.3 Å². The van der Waals surface area contributed by atoms with E-state index in [4.69, 9.17) is 0 Å². The summed E-state index contributed by atoms with van der Waals surface area (Å²) in [6, 6.07) is 0. The summed E-state index contributed by atoms with van der Waals surface area (Å²) < 4.78 is 2.32. The van der Waals surface area contributed by atoms with Crippen molar-refractivity contribution >= 4 is 5.91 Å². The van der Waals surface area contributed by atoms with Crippen LogP contribution in [0, 0.1) is 5.92 Å². The maximum Gasteiger partial charge on any atom is 0.323 e. The van der Waals surface area contributed by atoms with Crippen molar-refractivity contribution in [3.05, 3.63) is 40.6 Å². The number of carbonyl (C=O) groups is 1. The Labute approximate surface area is 140 Å². The van der Waals surface area contributed by atoms with E-state index in [0.717, 1.165) is 25.3 Å². The summed E-state index contributed by atoms with van der Waals surface area (Å²) >= 11 is 0. The van der Waals surface area contributed by atoms with Crippen molar-refractivity contribution in [2.24, 2.45) is 5.92 Å². The molecule has 0 atom stereocenters. The zero-order valence-corrected chi connectivity index (χ0v) is 13.7. The first-order valence-corrected chi connectivity index (χ1v) is 8.78. The van der Waals surface area contributed by atoms with E-state index in [-0.39, 0.29) is 11.6 Å². The molecule has 0 aromatic carbocycles. The normalized spacial score (nSPS) is 19.4. The number of nitrogens with zero attached hydrogens (tertiary/aromatic N) is 3. The fourth-order valence-corrected chi connectivity index (χ4v) is 3.75. The fourth-order valence-electron chi connectivity index (χ4n) is 3.75. The molecular formula is C17H23N5O2. The average Bonchev–Trinajstić information content (AvgIpc) is 3.19. The molecule has 1 aliphatic heterocycles. The van der Waals surface area contributed by atoms with Crippen LogP contribution in [0.4, 0.5) is 0 Å². The van der Waals surface area contributed by atoms with Crippen LogP contribution in [0.1, 0.15) is 54.3 Å². The second kappa shape index (κ2) is 6.30. The maximum absolute atomic E-state index is 12.4. The van der Waals surface area contributed by atoms with Crippen molar-refractivity contribution in [2.45, 2.75) is 44.6 Å². The Kier molecular flexibility index (Phi) is 4.00. The van der Waals surface area contributed by atoms with Crippen LogP contribution in [-0.4, -0.2) is 43.4 Å². The Balaban J connectivity index is 1.38. The summed E-state index contributed by atoms with van der Waals surface area (Å²) in [4.78, 5) is 35.0. The van der Waals surface area contributed by atoms with Crippen molar-refractivity contribution in [2.75, 3.05) is 13.1 Å². The first-order valence-electron chi connectivity index (χ1n) is 8.78. The van der Waals surface area contributed by atoms with Crippen LogP contribution in [-0.2, 0) is 6.54 Å². The van der Waals surface area contributed by atoms with Crippen LogP contribution < -0.4 is 5.69 Å². The Bertz CT molecular complexity index is 762. The number of likely N-dealkylation sites (tertiary alicyclic amines) is 1. The summed E-state index contributed by atoms with van der Waals surface area (Å²) in [5.41, 5.74) is -0.00353. The highest BCUT2D eigenvalue weighted by Crippen LogP contribution is 2.31. The van der Waals surface area contributed by atoms with Gasteiger partial charge in [0, 0.05) is 44.1 Å². The highest BCUT2D eigenvalue weighted by molar-refractivity contribution is 5.92. The van der Waals surface area contributed by atoms with Crippen molar-refractivity contribution in [3.8, 4) is 0 Å². The van der Waals surface area contributed by atoms with Gasteiger partial charge in [0.2, 0.25) is 0 Å². The van der Waals surface area contributed by atoms with Crippen molar-refractivity contribution in [3.63, 3.8) is 0 Å². The second-order valence-electron chi connectivity index (χ2n) is 6.96. The third kappa shape index (κ3) is 2.90. The molecule has 2 fully saturated rings. The topological polar surface area (TPSA) is 86.8 Å². The lowest BCUT2D eigenvalue weighted by atomic mass is 9.85. The van der Waals surface area contributed by atoms with E-state index in [2.05, 4.69) is 25.7 Å². The van der Waals surface area contributed by atoms with E-state index >= 15 is 0 Å². The molecule has 1 saturated carbocycles. The van der Waals surface area contributed by atoms with Gasteiger partial charge in [-0.2, -0.15) is 0 Å². The molecule has 2 aliphatic rings. The Hall–Kier alpha value is -2.31. The molecule has 1 aliphatic carbocycles. The molecule has 1 amide bonds. The molecule has 1 saturated heterocycles. The summed E-state index contributed by atoms with van der Waals surface area (Å²) in [6.07, 6.45) is 11.3. The number of nitrogens with one attached hydrogen (secondary N) is 2. The van der Waals surface area contributed by atoms with Gasteiger partial charge in [-0.3, -0.25) is 4.79 Å². The fraction of sp³-hybridized carbons (Fsp3) is 0.588. The zero-order valence-electron chi connectivity index (χ0n) is 13.7. The zero-order chi connectivity index (χ0) is 16.5. The van der Waals surface area contributed by atoms with E-state index in [1.54, 1.807) is 0 Å². The molecule has 2 aromatic rings. The molecule has 24 heavy (non-hydrogen) atoms. The molecule has 2 aromatic heterocycles. The third-order valence-corrected chi connectivity index (χ3v) is 5.40. The van der Waals surface area contributed by atoms with Gasteiger partial charge in [0.1, 0.15) is 11.5 Å². The van der Waals surface area contributed by atoms with Gasteiger partial charge in [0.15, 0.2) is 0 Å². The second-order valence-corrected chi connectivity index (χ2v) is 6.96. The van der Waals surface area contributed by atoms with Crippen LogP contribution in [0.3, 0.4) is 0 Å². The molecule has 7 heteroatoms. The first-order chi connectivity index (χ1) is 11.7. The molecule has 128 valence electrons. The van der Waals surface area contributed by atoms with Crippen molar-refractivity contribution in [1.29, 1.82) is 0 Å². The van der Waals surface area contributed by atoms with Gasteiger partial charge in [0.25, 0.3) is 5.91 Å². The average molecular weight is 329 g/mol. The number of H-pyrrole nitrogens is 2. The van der Waals surface area contributed by atoms with Gasteiger partial charge in [-0.1, -0.05) is 6.42 Å². The smallest absolute Gasteiger partial charge is 0.323 e. The monoisotopic (exact) mass is 329 g/mol. The molecule has 0 spiro atoms. The highest BCUT2D eigenvalue weighted by Gasteiger charge is 2.28. The summed E-state index contributed by atoms with van der Waals surface area (Å²) in [7, 11) is 0. The number of aromatic nitrogens is 4. The SMILES string of the molecule is O=C(c1c[nH]c(=O)[nH]1)N1CCC(c2nccn2CC2CCC2)CC1. The minimum absolute atomic E-state index is 0.107. The molecule has 0 radical (unpaired) electrons. The van der Waals surface area contributed by atoms with E-state index in [0.29, 0.717) is 24.7 Å². The molecule has 0 unspecified atom stereocenters. The number of hydrogen-bond donors (Lipinski definition) is 2. The van der Waals surface area contributed by atoms with E-state index in [1.807, 2.05) is 11.1 Å². The number of rotatable bonds is 4. The molecule has 0 bridgehead atoms. The van der Waals surface area contributed by atoms with E-state index < -0.39 is 0 Å². The number of carbonyl (C=O) groups excluding carboxylic acids is 1. The Morgan fingerprint density at radius 3 is 2.67 bits per heavy atom. The highest BCUT2D eigenvalue weighted by atomic mass is 16.2. The van der Waals surface area contributed by atoms with Gasteiger partial charge in [-0.25, -0.2) is 9.78 Å². The van der Waals surface area contributed by atoms with Crippen LogP contribution >= 0.6 is 0 Å². The van der Waals surface area contributed by atoms with Gasteiger partial charge in [0.05, 0.1) is 0 Å². The van der Waals surface area contributed by atoms with Crippen molar-refractivity contribution in [1.82, 2.24) is 24.4 Å². The Morgan fingerprint density at radius 1 is 1.25 bits per heavy atom. The molecule has 7 nitrogen and oxygen atoms in total. The number of amides is 1. The predicted octanol–water partition coefficient (Wildman–Crippen LogP) is 1.72. The molecular weight excluding hydrogens is 306 g/mol. The quantitative estimate of drug-likeness (QED) is 0.895. The molecule has 2 N–H and O–H groups in total. The van der Waals surface area contributed by atoms with Crippen LogP contribution in [0.5, 0.6) is 0 Å². The van der Waals surface area contributed by atoms with Gasteiger partial charge >= 0.3 is 5.69 Å². The number of imidazole rings is 2. The van der Waals surface area contributed by atoms with E-state index in [9.17, 15) is 9.59 Å². The van der Waals surface area contributed by atoms with Crippen LogP contribution in [0.25, 0.3) is 0 Å². The predicted molar refractivity (Wildman–Crippen MR) is 88.9 cm³/mol. The number of aromatic amines is 2. The summed E-state index contributed by atoms with van der Waals surface area (Å²) in [5.74, 6) is 2.29. The lowest BCUT2D eigenvalue weighted by Crippen LogP contribution is -2.38. The number of piperidine rings is 1. The largest absolute Gasteiger partial charge is 0.337 e. The summed E-state index contributed by atoms with van der Waals surface area (Å²) in [6.45, 7) is 2.49. The standard InChI is InChI=1S/C17H23N5O2/c23-16(14-10-19-17(24)20-14)21-7-4-13(5-8-21)15-18-6-9-22(15)11-12-2-1-3-12/h6,9-10,12-13H,1-5,7-8,11H2,(H2,19,20,24). The minimum Gasteiger partial charge on any atom is -0.337 e. The van der Waals surface area contributed by atoms with Crippen molar-refractivity contribution < 1.29 is 4.79 Å². The van der Waals surface area contributed by atoms with Crippen LogP contribution in [0.2, 0.25) is 0 Å². The third-order valence-electron chi connectivity index (χ3n) is 5.40. The molecule has 3 heterocycles. The lowest BCUT2D eigenvalue weighted by molar-refractivity contribution is 0.0704. The minimum atomic E-state index is -0.341.